The summed E-state index contributed by atoms with van der Waals surface area (Å²) in [5.41, 5.74) is 11.9. The quantitative estimate of drug-likeness (QED) is 0.809. The molecule has 27 heavy (non-hydrogen) atoms. The van der Waals surface area contributed by atoms with E-state index in [4.69, 9.17) is 0 Å². The Hall–Kier alpha value is -2.66. The van der Waals surface area contributed by atoms with Crippen molar-refractivity contribution in [2.24, 2.45) is 16.9 Å². The van der Waals surface area contributed by atoms with E-state index in [1.165, 1.54) is 11.1 Å². The lowest BCUT2D eigenvalue weighted by atomic mass is 9.88. The summed E-state index contributed by atoms with van der Waals surface area (Å²) in [5, 5.41) is 8.16. The minimum absolute atomic E-state index is 0.202. The van der Waals surface area contributed by atoms with Gasteiger partial charge >= 0.3 is 0 Å². The molecule has 2 aliphatic carbocycles. The molecule has 0 bridgehead atoms. The highest BCUT2D eigenvalue weighted by Gasteiger charge is 2.36. The topological polar surface area (TPSA) is 39.7 Å². The molecule has 0 aromatic heterocycles. The Morgan fingerprint density at radius 1 is 1.22 bits per heavy atom. The number of hydrazone groups is 1. The van der Waals surface area contributed by atoms with Crippen LogP contribution in [0.5, 0.6) is 0 Å². The average molecular weight is 360 g/mol. The highest BCUT2D eigenvalue weighted by atomic mass is 19.1. The fourth-order valence-corrected chi connectivity index (χ4v) is 5.14. The summed E-state index contributed by atoms with van der Waals surface area (Å²) in [5.74, 6) is 1.14. The lowest BCUT2D eigenvalue weighted by Gasteiger charge is -2.29. The molecule has 1 fully saturated rings. The van der Waals surface area contributed by atoms with Crippen molar-refractivity contribution in [3.63, 3.8) is 0 Å². The molecule has 136 valence electrons. The zero-order valence-electron chi connectivity index (χ0n) is 15.2. The van der Waals surface area contributed by atoms with Crippen molar-refractivity contribution in [2.75, 3.05) is 26.7 Å². The van der Waals surface area contributed by atoms with Gasteiger partial charge in [0, 0.05) is 37.5 Å². The van der Waals surface area contributed by atoms with Crippen LogP contribution in [0.2, 0.25) is 0 Å². The first-order valence-corrected chi connectivity index (χ1v) is 9.61. The maximum atomic E-state index is 14.3. The molecule has 0 radical (unpaired) electrons. The summed E-state index contributed by atoms with van der Waals surface area (Å²) in [6, 6.07) is 3.24. The van der Waals surface area contributed by atoms with Crippen LogP contribution in [0.3, 0.4) is 0 Å². The molecule has 6 rings (SSSR count). The van der Waals surface area contributed by atoms with E-state index in [0.717, 1.165) is 59.7 Å². The van der Waals surface area contributed by atoms with E-state index in [0.29, 0.717) is 11.8 Å². The molecular formula is C22H21FN4. The van der Waals surface area contributed by atoms with Crippen molar-refractivity contribution in [1.82, 2.24) is 15.6 Å². The fourth-order valence-electron chi connectivity index (χ4n) is 5.14. The van der Waals surface area contributed by atoms with Gasteiger partial charge in [-0.15, -0.1) is 0 Å². The number of fused-ring (bicyclic) bond motifs is 3. The number of nitrogens with one attached hydrogen (secondary N) is 2. The van der Waals surface area contributed by atoms with Crippen molar-refractivity contribution in [3.8, 4) is 0 Å². The monoisotopic (exact) mass is 360 g/mol. The van der Waals surface area contributed by atoms with Gasteiger partial charge in [-0.3, -0.25) is 5.43 Å². The molecule has 2 atom stereocenters. The first-order chi connectivity index (χ1) is 13.2. The van der Waals surface area contributed by atoms with Crippen LogP contribution in [-0.2, 0) is 0 Å². The van der Waals surface area contributed by atoms with E-state index >= 15 is 0 Å². The van der Waals surface area contributed by atoms with Gasteiger partial charge in [-0.2, -0.15) is 5.10 Å². The van der Waals surface area contributed by atoms with Crippen molar-refractivity contribution >= 4 is 17.4 Å². The predicted octanol–water partition coefficient (Wildman–Crippen LogP) is 2.87. The summed E-state index contributed by atoms with van der Waals surface area (Å²) in [4.78, 5) is 2.20. The van der Waals surface area contributed by atoms with Gasteiger partial charge in [-0.05, 0) is 65.3 Å². The summed E-state index contributed by atoms with van der Waals surface area (Å²) in [6.07, 6.45) is 9.59. The average Bonchev–Trinajstić information content (AvgIpc) is 3.31. The van der Waals surface area contributed by atoms with E-state index in [9.17, 15) is 4.39 Å². The molecule has 1 aromatic rings. The number of rotatable bonds is 1. The summed E-state index contributed by atoms with van der Waals surface area (Å²) in [7, 11) is 2.09. The SMILES string of the molecule is CN1C=C2C(=C(C3=CC4CNCC4C3)C1)NN=C1C=Cc3cc(F)cc2c31. The predicted molar refractivity (Wildman–Crippen MR) is 105 cm³/mol. The smallest absolute Gasteiger partial charge is 0.124 e. The Labute approximate surface area is 157 Å². The molecule has 0 spiro atoms. The lowest BCUT2D eigenvalue weighted by molar-refractivity contribution is 0.484. The van der Waals surface area contributed by atoms with Crippen LogP contribution >= 0.6 is 0 Å². The fraction of sp³-hybridized carbons (Fsp3) is 0.318. The molecule has 2 unspecified atom stereocenters. The third-order valence-corrected chi connectivity index (χ3v) is 6.39. The third-order valence-electron chi connectivity index (χ3n) is 6.39. The van der Waals surface area contributed by atoms with Crippen LogP contribution in [0.4, 0.5) is 4.39 Å². The second-order valence-electron chi connectivity index (χ2n) is 8.15. The number of hydrogen-bond donors (Lipinski definition) is 2. The second-order valence-corrected chi connectivity index (χ2v) is 8.15. The minimum atomic E-state index is -0.202. The first kappa shape index (κ1) is 15.4. The molecule has 4 nitrogen and oxygen atoms in total. The minimum Gasteiger partial charge on any atom is -0.375 e. The molecule has 5 aliphatic rings. The van der Waals surface area contributed by atoms with Gasteiger partial charge in [0.25, 0.3) is 0 Å². The first-order valence-electron chi connectivity index (χ1n) is 9.61. The number of nitrogens with zero attached hydrogens (tertiary/aromatic N) is 2. The summed E-state index contributed by atoms with van der Waals surface area (Å²) < 4.78 is 14.3. The Balaban J connectivity index is 1.54. The van der Waals surface area contributed by atoms with Crippen LogP contribution in [0, 0.1) is 17.7 Å². The van der Waals surface area contributed by atoms with Gasteiger partial charge in [0.05, 0.1) is 11.4 Å². The molecule has 0 amide bonds. The van der Waals surface area contributed by atoms with Gasteiger partial charge < -0.3 is 10.2 Å². The standard InChI is InChI=1S/C22H21FN4/c1-27-10-18(13-4-14-8-24-9-15(14)5-13)22-19(11-27)17-7-16(23)6-12-2-3-20(21(12)17)25-26-22/h2-4,6-7,11,14-15,24,26H,5,8-10H2,1H3. The van der Waals surface area contributed by atoms with Crippen LogP contribution in [0.25, 0.3) is 11.6 Å². The van der Waals surface area contributed by atoms with E-state index in [1.54, 1.807) is 12.1 Å². The highest BCUT2D eigenvalue weighted by molar-refractivity contribution is 6.20. The van der Waals surface area contributed by atoms with Gasteiger partial charge in [-0.1, -0.05) is 12.2 Å². The zero-order valence-corrected chi connectivity index (χ0v) is 15.2. The molecule has 1 saturated heterocycles. The van der Waals surface area contributed by atoms with Gasteiger partial charge in [0.1, 0.15) is 5.82 Å². The second kappa shape index (κ2) is 5.42. The Morgan fingerprint density at radius 2 is 2.15 bits per heavy atom. The summed E-state index contributed by atoms with van der Waals surface area (Å²) >= 11 is 0. The number of halogens is 1. The zero-order chi connectivity index (χ0) is 18.1. The lowest BCUT2D eigenvalue weighted by Crippen LogP contribution is -2.26. The molecule has 3 heterocycles. The maximum absolute atomic E-state index is 14.3. The molecule has 3 aliphatic heterocycles. The number of benzene rings is 1. The molecular weight excluding hydrogens is 339 g/mol. The largest absolute Gasteiger partial charge is 0.375 e. The summed E-state index contributed by atoms with van der Waals surface area (Å²) in [6.45, 7) is 3.03. The van der Waals surface area contributed by atoms with Crippen molar-refractivity contribution in [3.05, 3.63) is 69.8 Å². The molecule has 2 N–H and O–H groups in total. The third kappa shape index (κ3) is 2.21. The maximum Gasteiger partial charge on any atom is 0.124 e. The van der Waals surface area contributed by atoms with Crippen molar-refractivity contribution < 1.29 is 4.39 Å². The van der Waals surface area contributed by atoms with Crippen molar-refractivity contribution in [2.45, 2.75) is 6.42 Å². The van der Waals surface area contributed by atoms with E-state index in [1.807, 2.05) is 12.2 Å². The van der Waals surface area contributed by atoms with Gasteiger partial charge in [0.2, 0.25) is 0 Å². The van der Waals surface area contributed by atoms with E-state index < -0.39 is 0 Å². The Kier molecular flexibility index (Phi) is 3.09. The van der Waals surface area contributed by atoms with Gasteiger partial charge in [-0.25, -0.2) is 4.39 Å². The molecule has 0 saturated carbocycles. The van der Waals surface area contributed by atoms with Crippen molar-refractivity contribution in [1.29, 1.82) is 0 Å². The molecule has 5 heteroatoms. The van der Waals surface area contributed by atoms with Crippen LogP contribution in [-0.4, -0.2) is 37.3 Å². The molecule has 1 aromatic carbocycles. The normalized spacial score (nSPS) is 27.5. The van der Waals surface area contributed by atoms with E-state index in [-0.39, 0.29) is 5.82 Å². The number of allylic oxidation sites excluding steroid dienone is 2. The Morgan fingerprint density at radius 3 is 3.04 bits per heavy atom. The van der Waals surface area contributed by atoms with E-state index in [2.05, 4.69) is 40.1 Å². The van der Waals surface area contributed by atoms with Crippen LogP contribution < -0.4 is 10.7 Å². The number of hydrogen-bond acceptors (Lipinski definition) is 4. The van der Waals surface area contributed by atoms with Crippen LogP contribution in [0.1, 0.15) is 23.1 Å². The van der Waals surface area contributed by atoms with Crippen LogP contribution in [0.15, 0.2) is 52.4 Å². The Bertz CT molecular complexity index is 1030. The van der Waals surface area contributed by atoms with Gasteiger partial charge in [0.15, 0.2) is 0 Å². The number of likely N-dealkylation sites (N-methyl/N-ethyl adjacent to an activating group) is 1. The highest BCUT2D eigenvalue weighted by Crippen LogP contribution is 2.43.